The fraction of sp³-hybridized carbons (Fsp3) is 0.611. The largest absolute Gasteiger partial charge is 0.378 e. The van der Waals surface area contributed by atoms with Crippen molar-refractivity contribution in [2.75, 3.05) is 44.3 Å². The first-order valence-corrected chi connectivity index (χ1v) is 8.96. The molecule has 0 radical (unpaired) electrons. The van der Waals surface area contributed by atoms with Gasteiger partial charge in [-0.05, 0) is 5.41 Å². The Morgan fingerprint density at radius 3 is 2.67 bits per heavy atom. The van der Waals surface area contributed by atoms with Gasteiger partial charge in [-0.25, -0.2) is 14.8 Å². The average Bonchev–Trinajstić information content (AvgIpc) is 2.64. The number of ether oxygens (including phenoxy) is 1. The number of rotatable bonds is 3. The van der Waals surface area contributed by atoms with Crippen molar-refractivity contribution < 1.29 is 14.3 Å². The molecule has 144 valence electrons. The minimum absolute atomic E-state index is 0.00107. The van der Waals surface area contributed by atoms with E-state index in [9.17, 15) is 9.59 Å². The highest BCUT2D eigenvalue weighted by Gasteiger charge is 2.36. The Kier molecular flexibility index (Phi) is 5.28. The number of anilines is 1. The van der Waals surface area contributed by atoms with E-state index >= 15 is 0 Å². The summed E-state index contributed by atoms with van der Waals surface area (Å²) >= 11 is 0. The van der Waals surface area contributed by atoms with E-state index in [2.05, 4.69) is 9.97 Å². The van der Waals surface area contributed by atoms with Gasteiger partial charge < -0.3 is 14.5 Å². The fourth-order valence-corrected chi connectivity index (χ4v) is 3.15. The summed E-state index contributed by atoms with van der Waals surface area (Å²) in [6.07, 6.45) is 1.56. The molecule has 3 heterocycles. The van der Waals surface area contributed by atoms with Crippen LogP contribution < -0.4 is 4.90 Å². The Morgan fingerprint density at radius 2 is 2.04 bits per heavy atom. The number of aromatic nitrogens is 2. The molecule has 1 saturated heterocycles. The van der Waals surface area contributed by atoms with E-state index < -0.39 is 0 Å². The zero-order valence-corrected chi connectivity index (χ0v) is 15.9. The lowest BCUT2D eigenvalue weighted by molar-refractivity contribution is -0.135. The first-order chi connectivity index (χ1) is 12.8. The lowest BCUT2D eigenvalue weighted by Crippen LogP contribution is -2.54. The number of fused-ring (bicyclic) bond motifs is 1. The van der Waals surface area contributed by atoms with Gasteiger partial charge in [0.25, 0.3) is 0 Å². The number of carbonyl (C=O) groups is 2. The second kappa shape index (κ2) is 7.48. The SMILES string of the molecule is CC(C)(C)CN1C(=O)N(CC(=O)N2CCOCC2)Cc2cnc(C#N)nc21. The molecule has 1 fully saturated rings. The molecule has 0 spiro atoms. The molecule has 0 N–H and O–H groups in total. The van der Waals surface area contributed by atoms with Crippen molar-refractivity contribution in [2.24, 2.45) is 5.41 Å². The topological polar surface area (TPSA) is 103 Å². The molecule has 9 nitrogen and oxygen atoms in total. The summed E-state index contributed by atoms with van der Waals surface area (Å²) in [5, 5.41) is 9.09. The summed E-state index contributed by atoms with van der Waals surface area (Å²) in [5.41, 5.74) is 0.551. The summed E-state index contributed by atoms with van der Waals surface area (Å²) < 4.78 is 5.28. The van der Waals surface area contributed by atoms with E-state index in [0.717, 1.165) is 5.56 Å². The van der Waals surface area contributed by atoms with Gasteiger partial charge in [-0.1, -0.05) is 20.8 Å². The molecule has 0 aromatic carbocycles. The number of hydrogen-bond donors (Lipinski definition) is 0. The normalized spacial score (nSPS) is 17.6. The Bertz CT molecular complexity index is 776. The van der Waals surface area contributed by atoms with Gasteiger partial charge >= 0.3 is 6.03 Å². The van der Waals surface area contributed by atoms with Crippen LogP contribution in [0.4, 0.5) is 10.6 Å². The molecule has 3 rings (SSSR count). The Hall–Kier alpha value is -2.73. The Balaban J connectivity index is 1.85. The standard InChI is InChI=1S/C18H24N6O3/c1-18(2,3)12-24-16-13(9-20-14(8-19)21-16)10-23(17(24)26)11-15(25)22-4-6-27-7-5-22/h9H,4-7,10-12H2,1-3H3. The summed E-state index contributed by atoms with van der Waals surface area (Å²) in [7, 11) is 0. The third kappa shape index (κ3) is 4.34. The zero-order chi connectivity index (χ0) is 19.6. The molecule has 0 unspecified atom stereocenters. The van der Waals surface area contributed by atoms with Crippen molar-refractivity contribution >= 4 is 17.8 Å². The monoisotopic (exact) mass is 372 g/mol. The maximum atomic E-state index is 13.1. The molecular weight excluding hydrogens is 348 g/mol. The maximum Gasteiger partial charge on any atom is 0.326 e. The van der Waals surface area contributed by atoms with Crippen LogP contribution in [0.2, 0.25) is 0 Å². The lowest BCUT2D eigenvalue weighted by Gasteiger charge is -2.39. The van der Waals surface area contributed by atoms with Gasteiger partial charge in [0.1, 0.15) is 18.4 Å². The maximum absolute atomic E-state index is 13.1. The highest BCUT2D eigenvalue weighted by Crippen LogP contribution is 2.29. The van der Waals surface area contributed by atoms with Crippen molar-refractivity contribution in [1.82, 2.24) is 19.8 Å². The molecular formula is C18H24N6O3. The number of nitriles is 1. The Labute approximate surface area is 158 Å². The van der Waals surface area contributed by atoms with Crippen molar-refractivity contribution in [3.63, 3.8) is 0 Å². The van der Waals surface area contributed by atoms with Crippen LogP contribution >= 0.6 is 0 Å². The summed E-state index contributed by atoms with van der Waals surface area (Å²) in [6, 6.07) is 1.64. The molecule has 0 bridgehead atoms. The number of nitrogens with zero attached hydrogens (tertiary/aromatic N) is 6. The minimum Gasteiger partial charge on any atom is -0.378 e. The smallest absolute Gasteiger partial charge is 0.326 e. The summed E-state index contributed by atoms with van der Waals surface area (Å²) in [5.74, 6) is 0.384. The molecule has 2 aliphatic rings. The number of amides is 3. The average molecular weight is 372 g/mol. The lowest BCUT2D eigenvalue weighted by atomic mass is 9.95. The second-order valence-electron chi connectivity index (χ2n) is 7.93. The van der Waals surface area contributed by atoms with Crippen LogP contribution in [0.15, 0.2) is 6.20 Å². The van der Waals surface area contributed by atoms with Crippen molar-refractivity contribution in [3.8, 4) is 6.07 Å². The summed E-state index contributed by atoms with van der Waals surface area (Å²) in [4.78, 5) is 38.7. The molecule has 0 atom stereocenters. The number of hydrogen-bond acceptors (Lipinski definition) is 6. The van der Waals surface area contributed by atoms with Crippen LogP contribution in [-0.4, -0.2) is 71.1 Å². The number of morpholine rings is 1. The summed E-state index contributed by atoms with van der Waals surface area (Å²) in [6.45, 7) is 8.83. The molecule has 27 heavy (non-hydrogen) atoms. The molecule has 9 heteroatoms. The molecule has 3 amide bonds. The van der Waals surface area contributed by atoms with Crippen LogP contribution in [0.1, 0.15) is 32.2 Å². The highest BCUT2D eigenvalue weighted by molar-refractivity contribution is 5.96. The van der Waals surface area contributed by atoms with E-state index in [0.29, 0.717) is 38.7 Å². The number of carbonyl (C=O) groups excluding carboxylic acids is 2. The van der Waals surface area contributed by atoms with E-state index in [4.69, 9.17) is 10.00 Å². The van der Waals surface area contributed by atoms with Gasteiger partial charge in [-0.15, -0.1) is 0 Å². The van der Waals surface area contributed by atoms with Gasteiger partial charge in [0.15, 0.2) is 0 Å². The molecule has 1 aromatic rings. The molecule has 0 saturated carbocycles. The molecule has 2 aliphatic heterocycles. The van der Waals surface area contributed by atoms with Crippen LogP contribution in [0, 0.1) is 16.7 Å². The second-order valence-corrected chi connectivity index (χ2v) is 7.93. The van der Waals surface area contributed by atoms with Gasteiger partial charge in [0, 0.05) is 31.4 Å². The molecule has 0 aliphatic carbocycles. The quantitative estimate of drug-likeness (QED) is 0.784. The van der Waals surface area contributed by atoms with Crippen LogP contribution in [0.3, 0.4) is 0 Å². The van der Waals surface area contributed by atoms with Gasteiger partial charge in [0.05, 0.1) is 19.8 Å². The van der Waals surface area contributed by atoms with E-state index in [1.54, 1.807) is 16.0 Å². The predicted octanol–water partition coefficient (Wildman–Crippen LogP) is 0.995. The van der Waals surface area contributed by atoms with Crippen LogP contribution in [0.25, 0.3) is 0 Å². The van der Waals surface area contributed by atoms with Crippen LogP contribution in [0.5, 0.6) is 0 Å². The third-order valence-corrected chi connectivity index (χ3v) is 4.38. The first kappa shape index (κ1) is 19.0. The van der Waals surface area contributed by atoms with Crippen molar-refractivity contribution in [2.45, 2.75) is 27.3 Å². The number of urea groups is 1. The third-order valence-electron chi connectivity index (χ3n) is 4.38. The fourth-order valence-electron chi connectivity index (χ4n) is 3.15. The van der Waals surface area contributed by atoms with Crippen molar-refractivity contribution in [1.29, 1.82) is 5.26 Å². The minimum atomic E-state index is -0.276. The highest BCUT2D eigenvalue weighted by atomic mass is 16.5. The van der Waals surface area contributed by atoms with E-state index in [1.165, 1.54) is 4.90 Å². The van der Waals surface area contributed by atoms with E-state index in [-0.39, 0.29) is 36.3 Å². The van der Waals surface area contributed by atoms with Gasteiger partial charge in [0.2, 0.25) is 11.7 Å². The van der Waals surface area contributed by atoms with E-state index in [1.807, 2.05) is 26.8 Å². The zero-order valence-electron chi connectivity index (χ0n) is 15.9. The van der Waals surface area contributed by atoms with Gasteiger partial charge in [-0.3, -0.25) is 9.69 Å². The first-order valence-electron chi connectivity index (χ1n) is 8.96. The van der Waals surface area contributed by atoms with Gasteiger partial charge in [-0.2, -0.15) is 5.26 Å². The van der Waals surface area contributed by atoms with Crippen LogP contribution in [-0.2, 0) is 16.1 Å². The van der Waals surface area contributed by atoms with Crippen molar-refractivity contribution in [3.05, 3.63) is 17.6 Å². The molecule has 1 aromatic heterocycles. The predicted molar refractivity (Wildman–Crippen MR) is 96.8 cm³/mol. The Morgan fingerprint density at radius 1 is 1.33 bits per heavy atom.